The fraction of sp³-hybridized carbons (Fsp3) is 0.700. The van der Waals surface area contributed by atoms with Crippen LogP contribution in [0.4, 0.5) is 0 Å². The molecule has 0 heterocycles. The second-order valence-corrected chi connectivity index (χ2v) is 15.1. The molecule has 1 amide bonds. The lowest BCUT2D eigenvalue weighted by molar-refractivity contribution is -0.123. The number of rotatable bonds is 40. The van der Waals surface area contributed by atoms with Crippen LogP contribution >= 0.6 is 0 Å². The zero-order valence-electron chi connectivity index (χ0n) is 35.5. The van der Waals surface area contributed by atoms with E-state index in [1.165, 1.54) is 116 Å². The Kier molecular flexibility index (Phi) is 42.9. The summed E-state index contributed by atoms with van der Waals surface area (Å²) in [6.07, 6.45) is 65.5. The van der Waals surface area contributed by atoms with Crippen molar-refractivity contribution in [2.24, 2.45) is 0 Å². The Balaban J connectivity index is 3.65. The molecule has 0 bridgehead atoms. The Morgan fingerprint density at radius 3 is 1.30 bits per heavy atom. The van der Waals surface area contributed by atoms with Gasteiger partial charge in [-0.25, -0.2) is 0 Å². The number of aliphatic hydroxyl groups excluding tert-OH is 2. The standard InChI is InChI=1S/C50H87NO3/c1-3-5-7-9-11-13-15-17-19-21-22-23-24-25-26-27-28-30-32-34-36-38-40-42-44-46-50(54)51-48(47-52)49(53)45-43-41-39-37-35-33-31-29-20-18-16-14-12-10-8-6-4-2/h5,7,11,13,17,19,22-23,25-26,35,37,43,45,48-49,52-53H,3-4,6,8-10,12,14-16,18,20-21,24,27-34,36,38-42,44,46-47H2,1-2H3,(H,51,54)/b7-5-,13-11-,19-17-,23-22-,26-25-,37-35+,45-43+. The zero-order chi connectivity index (χ0) is 39.3. The summed E-state index contributed by atoms with van der Waals surface area (Å²) in [5.74, 6) is -0.0839. The summed E-state index contributed by atoms with van der Waals surface area (Å²) >= 11 is 0. The average molecular weight is 750 g/mol. The highest BCUT2D eigenvalue weighted by molar-refractivity contribution is 5.76. The molecule has 54 heavy (non-hydrogen) atoms. The van der Waals surface area contributed by atoms with Gasteiger partial charge in [-0.3, -0.25) is 4.79 Å². The van der Waals surface area contributed by atoms with Crippen LogP contribution in [0.3, 0.4) is 0 Å². The summed E-state index contributed by atoms with van der Waals surface area (Å²) in [6, 6.07) is -0.647. The number of hydrogen-bond acceptors (Lipinski definition) is 3. The highest BCUT2D eigenvalue weighted by Crippen LogP contribution is 2.14. The van der Waals surface area contributed by atoms with Crippen LogP contribution < -0.4 is 5.32 Å². The molecule has 4 heteroatoms. The van der Waals surface area contributed by atoms with Crippen LogP contribution in [0.2, 0.25) is 0 Å². The van der Waals surface area contributed by atoms with Gasteiger partial charge in [0, 0.05) is 6.42 Å². The van der Waals surface area contributed by atoms with E-state index in [-0.39, 0.29) is 12.5 Å². The van der Waals surface area contributed by atoms with Crippen molar-refractivity contribution < 1.29 is 15.0 Å². The molecule has 3 N–H and O–H groups in total. The van der Waals surface area contributed by atoms with Crippen molar-refractivity contribution in [2.75, 3.05) is 6.61 Å². The molecular formula is C50H87NO3. The van der Waals surface area contributed by atoms with Crippen LogP contribution in [0.1, 0.15) is 206 Å². The SMILES string of the molecule is CC/C=C\C/C=C\C/C=C\C/C=C\C/C=C\CCCCCCCCCCCC(=O)NC(CO)C(O)/C=C/CC/C=C/CCCCCCCCCCCCC. The van der Waals surface area contributed by atoms with Gasteiger partial charge in [-0.2, -0.15) is 0 Å². The highest BCUT2D eigenvalue weighted by Gasteiger charge is 2.17. The summed E-state index contributed by atoms with van der Waals surface area (Å²) in [7, 11) is 0. The minimum absolute atomic E-state index is 0.0839. The number of nitrogens with one attached hydrogen (secondary N) is 1. The average Bonchev–Trinajstić information content (AvgIpc) is 3.18. The number of unbranched alkanes of at least 4 members (excludes halogenated alkanes) is 21. The minimum atomic E-state index is -0.869. The number of hydrogen-bond donors (Lipinski definition) is 3. The minimum Gasteiger partial charge on any atom is -0.394 e. The fourth-order valence-electron chi connectivity index (χ4n) is 6.40. The van der Waals surface area contributed by atoms with E-state index in [1.54, 1.807) is 6.08 Å². The largest absolute Gasteiger partial charge is 0.394 e. The predicted octanol–water partition coefficient (Wildman–Crippen LogP) is 14.5. The van der Waals surface area contributed by atoms with Crippen molar-refractivity contribution in [3.8, 4) is 0 Å². The molecule has 0 saturated carbocycles. The number of carbonyl (C=O) groups excluding carboxylic acids is 1. The third-order valence-corrected chi connectivity index (χ3v) is 9.86. The number of carbonyl (C=O) groups is 1. The van der Waals surface area contributed by atoms with Crippen molar-refractivity contribution in [1.29, 1.82) is 0 Å². The summed E-state index contributed by atoms with van der Waals surface area (Å²) in [5.41, 5.74) is 0. The third-order valence-electron chi connectivity index (χ3n) is 9.86. The van der Waals surface area contributed by atoms with E-state index < -0.39 is 12.1 Å². The van der Waals surface area contributed by atoms with Crippen LogP contribution in [0.25, 0.3) is 0 Å². The molecule has 0 rings (SSSR count). The zero-order valence-corrected chi connectivity index (χ0v) is 35.5. The molecule has 0 radical (unpaired) electrons. The fourth-order valence-corrected chi connectivity index (χ4v) is 6.40. The molecule has 4 nitrogen and oxygen atoms in total. The van der Waals surface area contributed by atoms with E-state index in [4.69, 9.17) is 0 Å². The van der Waals surface area contributed by atoms with Gasteiger partial charge < -0.3 is 15.5 Å². The number of amides is 1. The van der Waals surface area contributed by atoms with Crippen LogP contribution in [-0.2, 0) is 4.79 Å². The van der Waals surface area contributed by atoms with E-state index >= 15 is 0 Å². The van der Waals surface area contributed by atoms with Gasteiger partial charge in [-0.1, -0.05) is 208 Å². The van der Waals surface area contributed by atoms with Gasteiger partial charge in [0.1, 0.15) is 0 Å². The second-order valence-electron chi connectivity index (χ2n) is 15.1. The van der Waals surface area contributed by atoms with E-state index in [0.29, 0.717) is 6.42 Å². The molecule has 0 saturated heterocycles. The summed E-state index contributed by atoms with van der Waals surface area (Å²) in [4.78, 5) is 12.4. The van der Waals surface area contributed by atoms with Crippen LogP contribution in [0.5, 0.6) is 0 Å². The van der Waals surface area contributed by atoms with Crippen molar-refractivity contribution in [3.05, 3.63) is 85.1 Å². The number of aliphatic hydroxyl groups is 2. The molecule has 2 unspecified atom stereocenters. The Morgan fingerprint density at radius 1 is 0.463 bits per heavy atom. The van der Waals surface area contributed by atoms with Crippen molar-refractivity contribution >= 4 is 5.91 Å². The lowest BCUT2D eigenvalue weighted by atomic mass is 10.0. The van der Waals surface area contributed by atoms with Gasteiger partial charge in [-0.15, -0.1) is 0 Å². The van der Waals surface area contributed by atoms with Gasteiger partial charge in [0.05, 0.1) is 18.8 Å². The summed E-state index contributed by atoms with van der Waals surface area (Å²) in [5, 5.41) is 23.0. The molecule has 0 fully saturated rings. The molecule has 0 aliphatic rings. The third kappa shape index (κ3) is 40.7. The lowest BCUT2D eigenvalue weighted by Gasteiger charge is -2.19. The molecular weight excluding hydrogens is 663 g/mol. The molecule has 0 aliphatic heterocycles. The van der Waals surface area contributed by atoms with Gasteiger partial charge in [0.2, 0.25) is 5.91 Å². The molecule has 310 valence electrons. The van der Waals surface area contributed by atoms with E-state index in [2.05, 4.69) is 92.1 Å². The van der Waals surface area contributed by atoms with Crippen LogP contribution in [-0.4, -0.2) is 34.9 Å². The summed E-state index contributed by atoms with van der Waals surface area (Å²) < 4.78 is 0. The number of allylic oxidation sites excluding steroid dienone is 13. The van der Waals surface area contributed by atoms with Crippen LogP contribution in [0, 0.1) is 0 Å². The second kappa shape index (κ2) is 45.0. The van der Waals surface area contributed by atoms with Crippen molar-refractivity contribution in [1.82, 2.24) is 5.32 Å². The van der Waals surface area contributed by atoms with Gasteiger partial charge >= 0.3 is 0 Å². The quantitative estimate of drug-likeness (QED) is 0.0431. The maximum atomic E-state index is 12.4. The molecule has 2 atom stereocenters. The molecule has 0 aliphatic carbocycles. The Hall–Kier alpha value is -2.43. The first-order valence-electron chi connectivity index (χ1n) is 22.8. The maximum absolute atomic E-state index is 12.4. The predicted molar refractivity (Wildman–Crippen MR) is 239 cm³/mol. The Bertz CT molecular complexity index is 988. The first-order chi connectivity index (χ1) is 26.7. The molecule has 0 spiro atoms. The van der Waals surface area contributed by atoms with Crippen molar-refractivity contribution in [3.63, 3.8) is 0 Å². The van der Waals surface area contributed by atoms with Gasteiger partial charge in [0.15, 0.2) is 0 Å². The topological polar surface area (TPSA) is 69.6 Å². The molecule has 0 aromatic rings. The van der Waals surface area contributed by atoms with Crippen LogP contribution in [0.15, 0.2) is 85.1 Å². The normalized spacial score (nSPS) is 13.8. The first kappa shape index (κ1) is 51.6. The first-order valence-corrected chi connectivity index (χ1v) is 22.8. The maximum Gasteiger partial charge on any atom is 0.220 e. The molecule has 0 aromatic carbocycles. The van der Waals surface area contributed by atoms with E-state index in [9.17, 15) is 15.0 Å². The Morgan fingerprint density at radius 2 is 0.833 bits per heavy atom. The van der Waals surface area contributed by atoms with E-state index in [1.807, 2.05) is 6.08 Å². The monoisotopic (exact) mass is 750 g/mol. The van der Waals surface area contributed by atoms with Gasteiger partial charge in [-0.05, 0) is 77.0 Å². The van der Waals surface area contributed by atoms with Crippen molar-refractivity contribution in [2.45, 2.75) is 219 Å². The van der Waals surface area contributed by atoms with Gasteiger partial charge in [0.25, 0.3) is 0 Å². The Labute approximate surface area is 335 Å². The highest BCUT2D eigenvalue weighted by atomic mass is 16.3. The van der Waals surface area contributed by atoms with E-state index in [0.717, 1.165) is 70.6 Å². The lowest BCUT2D eigenvalue weighted by Crippen LogP contribution is -2.45. The summed E-state index contributed by atoms with van der Waals surface area (Å²) in [6.45, 7) is 4.17. The smallest absolute Gasteiger partial charge is 0.220 e. The molecule has 0 aromatic heterocycles.